The Morgan fingerprint density at radius 3 is 2.62 bits per heavy atom. The van der Waals surface area contributed by atoms with E-state index in [1.807, 2.05) is 27.7 Å². The van der Waals surface area contributed by atoms with Crippen LogP contribution in [-0.4, -0.2) is 5.91 Å². The molecule has 1 aromatic heterocycles. The molecule has 0 aliphatic heterocycles. The molecule has 1 amide bonds. The van der Waals surface area contributed by atoms with Gasteiger partial charge < -0.3 is 9.73 Å². The zero-order chi connectivity index (χ0) is 15.7. The Morgan fingerprint density at radius 2 is 2.00 bits per heavy atom. The fourth-order valence-electron chi connectivity index (χ4n) is 2.28. The van der Waals surface area contributed by atoms with Crippen LogP contribution in [0, 0.1) is 19.8 Å². The first-order valence-electron chi connectivity index (χ1n) is 6.81. The number of halogens is 1. The lowest BCUT2D eigenvalue weighted by molar-refractivity contribution is -0.124. The molecule has 0 bridgehead atoms. The highest BCUT2D eigenvalue weighted by atomic mass is 35.5. The number of hydrogen-bond donors (Lipinski definition) is 1. The molecule has 1 N–H and O–H groups in total. The van der Waals surface area contributed by atoms with Crippen molar-refractivity contribution in [1.29, 1.82) is 0 Å². The van der Waals surface area contributed by atoms with Gasteiger partial charge in [-0.2, -0.15) is 0 Å². The van der Waals surface area contributed by atoms with Crippen molar-refractivity contribution in [2.24, 2.45) is 5.92 Å². The monoisotopic (exact) mass is 307 g/mol. The number of benzene rings is 1. The Labute approximate surface area is 128 Å². The normalized spacial score (nSPS) is 11.1. The van der Waals surface area contributed by atoms with E-state index in [2.05, 4.69) is 5.32 Å². The van der Waals surface area contributed by atoms with E-state index in [1.54, 1.807) is 6.07 Å². The summed E-state index contributed by atoms with van der Waals surface area (Å²) in [5.74, 6) is -0.171. The molecule has 2 rings (SSSR count). The average molecular weight is 308 g/mol. The highest BCUT2D eigenvalue weighted by molar-refractivity contribution is 6.33. The van der Waals surface area contributed by atoms with E-state index in [1.165, 1.54) is 6.07 Å². The first kappa shape index (κ1) is 15.6. The lowest BCUT2D eigenvalue weighted by atomic mass is 10.0. The summed E-state index contributed by atoms with van der Waals surface area (Å²) < 4.78 is 5.25. The third-order valence-corrected chi connectivity index (χ3v) is 4.03. The zero-order valence-electron chi connectivity index (χ0n) is 12.5. The van der Waals surface area contributed by atoms with Crippen LogP contribution in [0.4, 0.5) is 0 Å². The van der Waals surface area contributed by atoms with Crippen molar-refractivity contribution in [2.75, 3.05) is 0 Å². The third-order valence-electron chi connectivity index (χ3n) is 3.45. The first-order chi connectivity index (χ1) is 9.81. The Morgan fingerprint density at radius 1 is 1.33 bits per heavy atom. The van der Waals surface area contributed by atoms with E-state index < -0.39 is 5.63 Å². The Balaban J connectivity index is 2.55. The van der Waals surface area contributed by atoms with E-state index in [-0.39, 0.29) is 18.4 Å². The van der Waals surface area contributed by atoms with Crippen LogP contribution in [0.3, 0.4) is 0 Å². The number of rotatable bonds is 3. The average Bonchev–Trinajstić information content (AvgIpc) is 2.41. The van der Waals surface area contributed by atoms with Crippen LogP contribution < -0.4 is 10.9 Å². The standard InChI is InChI=1S/C16H18ClNO3/c1-8(2)16(20)18-7-11-6-13(19)21-12-5-9(3)15(17)10(4)14(11)12/h5-6,8H,7H2,1-4H3,(H,18,20). The molecule has 0 aliphatic rings. The molecule has 0 unspecified atom stereocenters. The fourth-order valence-corrected chi connectivity index (χ4v) is 2.43. The van der Waals surface area contributed by atoms with Crippen LogP contribution in [0.2, 0.25) is 5.02 Å². The summed E-state index contributed by atoms with van der Waals surface area (Å²) in [5.41, 5.74) is 2.49. The zero-order valence-corrected chi connectivity index (χ0v) is 13.3. The molecular weight excluding hydrogens is 290 g/mol. The molecule has 1 heterocycles. The SMILES string of the molecule is Cc1cc2oc(=O)cc(CNC(=O)C(C)C)c2c(C)c1Cl. The fraction of sp³-hybridized carbons (Fsp3) is 0.375. The molecule has 2 aromatic rings. The van der Waals surface area contributed by atoms with Crippen molar-refractivity contribution in [3.05, 3.63) is 44.3 Å². The van der Waals surface area contributed by atoms with Gasteiger partial charge in [-0.1, -0.05) is 25.4 Å². The molecule has 0 aliphatic carbocycles. The molecule has 0 saturated heterocycles. The minimum atomic E-state index is -0.433. The molecular formula is C16H18ClNO3. The maximum Gasteiger partial charge on any atom is 0.336 e. The smallest absolute Gasteiger partial charge is 0.336 e. The van der Waals surface area contributed by atoms with Gasteiger partial charge in [-0.15, -0.1) is 0 Å². The summed E-state index contributed by atoms with van der Waals surface area (Å²) in [6.07, 6.45) is 0. The van der Waals surface area contributed by atoms with Gasteiger partial charge in [0.25, 0.3) is 0 Å². The van der Waals surface area contributed by atoms with Gasteiger partial charge in [-0.3, -0.25) is 4.79 Å². The third kappa shape index (κ3) is 3.10. The Kier molecular flexibility index (Phi) is 4.37. The van der Waals surface area contributed by atoms with Crippen molar-refractivity contribution < 1.29 is 9.21 Å². The largest absolute Gasteiger partial charge is 0.423 e. The molecule has 1 aromatic carbocycles. The van der Waals surface area contributed by atoms with Crippen molar-refractivity contribution in [2.45, 2.75) is 34.2 Å². The van der Waals surface area contributed by atoms with Gasteiger partial charge in [0.05, 0.1) is 0 Å². The number of nitrogens with one attached hydrogen (secondary N) is 1. The van der Waals surface area contributed by atoms with Crippen molar-refractivity contribution in [1.82, 2.24) is 5.32 Å². The minimum Gasteiger partial charge on any atom is -0.423 e. The number of carbonyl (C=O) groups is 1. The lowest BCUT2D eigenvalue weighted by Crippen LogP contribution is -2.27. The summed E-state index contributed by atoms with van der Waals surface area (Å²) in [5, 5.41) is 4.25. The lowest BCUT2D eigenvalue weighted by Gasteiger charge is -2.13. The summed E-state index contributed by atoms with van der Waals surface area (Å²) in [7, 11) is 0. The number of aryl methyl sites for hydroxylation is 2. The van der Waals surface area contributed by atoms with Gasteiger partial charge in [0.1, 0.15) is 5.58 Å². The van der Waals surface area contributed by atoms with Gasteiger partial charge in [-0.05, 0) is 36.6 Å². The second kappa shape index (κ2) is 5.90. The Bertz CT molecular complexity index is 762. The number of fused-ring (bicyclic) bond motifs is 1. The van der Waals surface area contributed by atoms with Gasteiger partial charge >= 0.3 is 5.63 Å². The van der Waals surface area contributed by atoms with Crippen LogP contribution in [-0.2, 0) is 11.3 Å². The molecule has 112 valence electrons. The molecule has 0 saturated carbocycles. The minimum absolute atomic E-state index is 0.0627. The van der Waals surface area contributed by atoms with E-state index in [0.29, 0.717) is 10.6 Å². The number of amides is 1. The molecule has 5 heteroatoms. The maximum absolute atomic E-state index is 11.7. The maximum atomic E-state index is 11.7. The van der Waals surface area contributed by atoms with Gasteiger partial charge in [0, 0.05) is 28.9 Å². The predicted molar refractivity (Wildman–Crippen MR) is 83.7 cm³/mol. The van der Waals surface area contributed by atoms with Crippen molar-refractivity contribution in [3.8, 4) is 0 Å². The molecule has 0 atom stereocenters. The van der Waals surface area contributed by atoms with Gasteiger partial charge in [0.2, 0.25) is 5.91 Å². The Hall–Kier alpha value is -1.81. The number of hydrogen-bond acceptors (Lipinski definition) is 3. The van der Waals surface area contributed by atoms with Crippen molar-refractivity contribution >= 4 is 28.5 Å². The molecule has 0 spiro atoms. The molecule has 0 fully saturated rings. The van der Waals surface area contributed by atoms with Gasteiger partial charge in [-0.25, -0.2) is 4.79 Å². The predicted octanol–water partition coefficient (Wildman–Crippen LogP) is 3.34. The molecule has 0 radical (unpaired) electrons. The van der Waals surface area contributed by atoms with E-state index >= 15 is 0 Å². The number of carbonyl (C=O) groups excluding carboxylic acids is 1. The first-order valence-corrected chi connectivity index (χ1v) is 7.19. The van der Waals surface area contributed by atoms with E-state index in [0.717, 1.165) is 22.1 Å². The highest BCUT2D eigenvalue weighted by Crippen LogP contribution is 2.30. The van der Waals surface area contributed by atoms with Crippen LogP contribution in [0.5, 0.6) is 0 Å². The van der Waals surface area contributed by atoms with Crippen LogP contribution in [0.25, 0.3) is 11.0 Å². The van der Waals surface area contributed by atoms with Crippen LogP contribution in [0.1, 0.15) is 30.5 Å². The second-order valence-electron chi connectivity index (χ2n) is 5.47. The molecule has 21 heavy (non-hydrogen) atoms. The summed E-state index contributed by atoms with van der Waals surface area (Å²) in [6.45, 7) is 7.66. The van der Waals surface area contributed by atoms with Crippen LogP contribution >= 0.6 is 11.6 Å². The molecule has 4 nitrogen and oxygen atoms in total. The quantitative estimate of drug-likeness (QED) is 0.885. The highest BCUT2D eigenvalue weighted by Gasteiger charge is 2.14. The van der Waals surface area contributed by atoms with Crippen LogP contribution in [0.15, 0.2) is 21.3 Å². The van der Waals surface area contributed by atoms with Gasteiger partial charge in [0.15, 0.2) is 0 Å². The second-order valence-corrected chi connectivity index (χ2v) is 5.85. The van der Waals surface area contributed by atoms with Crippen molar-refractivity contribution in [3.63, 3.8) is 0 Å². The summed E-state index contributed by atoms with van der Waals surface area (Å²) >= 11 is 6.27. The summed E-state index contributed by atoms with van der Waals surface area (Å²) in [6, 6.07) is 3.15. The summed E-state index contributed by atoms with van der Waals surface area (Å²) in [4.78, 5) is 23.4. The topological polar surface area (TPSA) is 59.3 Å². The van der Waals surface area contributed by atoms with E-state index in [4.69, 9.17) is 16.0 Å². The van der Waals surface area contributed by atoms with E-state index in [9.17, 15) is 9.59 Å².